The highest BCUT2D eigenvalue weighted by Gasteiger charge is 2.29. The number of hydrogen-bond acceptors (Lipinski definition) is 5. The van der Waals surface area contributed by atoms with Crippen molar-refractivity contribution in [3.8, 4) is 17.0 Å². The molecule has 1 heterocycles. The zero-order valence-electron chi connectivity index (χ0n) is 16.4. The molecular formula is C20H26BN4O3. The number of nitrogens with one attached hydrogen (secondary N) is 2. The summed E-state index contributed by atoms with van der Waals surface area (Å²) < 4.78 is 7.44. The van der Waals surface area contributed by atoms with Crippen LogP contribution in [-0.2, 0) is 16.6 Å². The fraction of sp³-hybridized carbons (Fsp3) is 0.450. The predicted octanol–water partition coefficient (Wildman–Crippen LogP) is 2.38. The van der Waals surface area contributed by atoms with Gasteiger partial charge >= 0.3 is 0 Å². The van der Waals surface area contributed by atoms with Gasteiger partial charge in [0.25, 0.3) is 7.41 Å². The van der Waals surface area contributed by atoms with E-state index in [1.807, 2.05) is 29.8 Å². The van der Waals surface area contributed by atoms with E-state index < -0.39 is 6.04 Å². The number of imidazole rings is 1. The van der Waals surface area contributed by atoms with Crippen LogP contribution >= 0.6 is 0 Å². The van der Waals surface area contributed by atoms with Gasteiger partial charge in [0.2, 0.25) is 5.91 Å². The lowest BCUT2D eigenvalue weighted by Gasteiger charge is -2.29. The summed E-state index contributed by atoms with van der Waals surface area (Å²) in [5.41, 5.74) is 2.48. The average Bonchev–Trinajstić information content (AvgIpc) is 3.14. The molecule has 1 radical (unpaired) electrons. The molecule has 1 amide bonds. The molecule has 2 aromatic rings. The van der Waals surface area contributed by atoms with Gasteiger partial charge in [0, 0.05) is 24.4 Å². The number of rotatable bonds is 8. The van der Waals surface area contributed by atoms with E-state index in [4.69, 9.17) is 4.74 Å². The minimum absolute atomic E-state index is 0.139. The maximum absolute atomic E-state index is 12.9. The Morgan fingerprint density at radius 3 is 2.79 bits per heavy atom. The molecule has 0 spiro atoms. The van der Waals surface area contributed by atoms with Crippen LogP contribution in [-0.4, -0.2) is 42.2 Å². The van der Waals surface area contributed by atoms with Crippen LogP contribution in [0.5, 0.6) is 5.75 Å². The molecule has 28 heavy (non-hydrogen) atoms. The molecule has 1 fully saturated rings. The normalized spacial score (nSPS) is 15.6. The second-order valence-electron chi connectivity index (χ2n) is 7.14. The molecule has 147 valence electrons. The van der Waals surface area contributed by atoms with Gasteiger partial charge in [-0.1, -0.05) is 19.3 Å². The van der Waals surface area contributed by atoms with Crippen molar-refractivity contribution in [3.63, 3.8) is 0 Å². The molecule has 1 saturated carbocycles. The fourth-order valence-electron chi connectivity index (χ4n) is 3.85. The van der Waals surface area contributed by atoms with Crippen molar-refractivity contribution in [1.29, 1.82) is 0 Å². The van der Waals surface area contributed by atoms with Gasteiger partial charge in [-0.05, 0) is 30.9 Å². The largest absolute Gasteiger partial charge is 0.496 e. The smallest absolute Gasteiger partial charge is 0.291 e. The molecule has 1 aromatic carbocycles. The summed E-state index contributed by atoms with van der Waals surface area (Å²) >= 11 is 0. The van der Waals surface area contributed by atoms with Crippen LogP contribution in [0.15, 0.2) is 30.7 Å². The lowest BCUT2D eigenvalue weighted by Crippen LogP contribution is -2.48. The van der Waals surface area contributed by atoms with Crippen LogP contribution in [0.4, 0.5) is 5.69 Å². The van der Waals surface area contributed by atoms with Crippen LogP contribution in [0.2, 0.25) is 0 Å². The molecule has 2 N–H and O–H groups in total. The maximum Gasteiger partial charge on any atom is 0.291 e. The van der Waals surface area contributed by atoms with Crippen molar-refractivity contribution in [2.24, 2.45) is 13.0 Å². The maximum atomic E-state index is 12.9. The molecule has 1 aliphatic rings. The Balaban J connectivity index is 1.77. The van der Waals surface area contributed by atoms with E-state index in [-0.39, 0.29) is 11.8 Å². The summed E-state index contributed by atoms with van der Waals surface area (Å²) in [6.07, 6.45) is 9.59. The van der Waals surface area contributed by atoms with E-state index in [0.29, 0.717) is 17.6 Å². The van der Waals surface area contributed by atoms with E-state index in [0.717, 1.165) is 36.9 Å². The molecule has 8 heteroatoms. The van der Waals surface area contributed by atoms with E-state index in [1.165, 1.54) is 13.8 Å². The van der Waals surface area contributed by atoms with E-state index in [1.54, 1.807) is 19.6 Å². The Labute approximate surface area is 166 Å². The lowest BCUT2D eigenvalue weighted by molar-refractivity contribution is -0.119. The highest BCUT2D eigenvalue weighted by molar-refractivity contribution is 6.64. The van der Waals surface area contributed by atoms with Gasteiger partial charge in [0.15, 0.2) is 0 Å². The quantitative estimate of drug-likeness (QED) is 0.542. The van der Waals surface area contributed by atoms with Gasteiger partial charge in [0.1, 0.15) is 5.75 Å². The van der Waals surface area contributed by atoms with Crippen LogP contribution in [0, 0.1) is 5.92 Å². The number of methoxy groups -OCH3 is 1. The van der Waals surface area contributed by atoms with Crippen LogP contribution in [0.3, 0.4) is 0 Å². The summed E-state index contributed by atoms with van der Waals surface area (Å²) in [6.45, 7) is 0. The first-order chi connectivity index (χ1) is 13.6. The standard InChI is InChI=1S/C20H26BN4O3/c1-25-13-22-11-17(25)16-9-8-15(10-18(16)28-2)23-20(27)19(24-21-12-26)14-6-4-3-5-7-14/h8-14,19,24H,3-7H2,1-2H3,(H,23,27)/t19-/m0/s1. The molecule has 3 rings (SSSR count). The Morgan fingerprint density at radius 1 is 1.36 bits per heavy atom. The zero-order valence-corrected chi connectivity index (χ0v) is 16.4. The molecule has 0 aliphatic heterocycles. The van der Waals surface area contributed by atoms with Crippen molar-refractivity contribution in [1.82, 2.24) is 14.8 Å². The Bertz CT molecular complexity index is 818. The molecule has 1 aromatic heterocycles. The van der Waals surface area contributed by atoms with Crippen LogP contribution in [0.25, 0.3) is 11.3 Å². The minimum atomic E-state index is -0.423. The van der Waals surface area contributed by atoms with Crippen molar-refractivity contribution < 1.29 is 14.3 Å². The number of hydrogen-bond donors (Lipinski definition) is 2. The molecule has 7 nitrogen and oxygen atoms in total. The third kappa shape index (κ3) is 4.62. The summed E-state index contributed by atoms with van der Waals surface area (Å²) in [4.78, 5) is 27.8. The predicted molar refractivity (Wildman–Crippen MR) is 110 cm³/mol. The van der Waals surface area contributed by atoms with Crippen molar-refractivity contribution >= 4 is 25.2 Å². The van der Waals surface area contributed by atoms with E-state index in [2.05, 4.69) is 15.5 Å². The highest BCUT2D eigenvalue weighted by atomic mass is 16.5. The number of benzene rings is 1. The monoisotopic (exact) mass is 381 g/mol. The van der Waals surface area contributed by atoms with Crippen LogP contribution < -0.4 is 15.3 Å². The highest BCUT2D eigenvalue weighted by Crippen LogP contribution is 2.32. The number of anilines is 1. The molecular weight excluding hydrogens is 355 g/mol. The number of nitrogens with zero attached hydrogens (tertiary/aromatic N) is 2. The topological polar surface area (TPSA) is 85.2 Å². The number of aromatic nitrogens is 2. The van der Waals surface area contributed by atoms with Crippen molar-refractivity contribution in [3.05, 3.63) is 30.7 Å². The number of carbonyl (C=O) groups excluding carboxylic acids is 2. The zero-order chi connectivity index (χ0) is 19.9. The Hall–Kier alpha value is -2.61. The first kappa shape index (κ1) is 20.1. The molecule has 0 unspecified atom stereocenters. The van der Waals surface area contributed by atoms with Gasteiger partial charge in [-0.2, -0.15) is 0 Å². The van der Waals surface area contributed by atoms with E-state index in [9.17, 15) is 9.59 Å². The molecule has 1 aliphatic carbocycles. The number of amides is 1. The summed E-state index contributed by atoms with van der Waals surface area (Å²) in [6, 6.07) is 5.14. The number of aryl methyl sites for hydroxylation is 1. The SMILES string of the molecule is COc1cc(NC(=O)[C@@H](N[B]C=O)C2CCCCC2)ccc1-c1cncn1C. The van der Waals surface area contributed by atoms with Gasteiger partial charge in [-0.3, -0.25) is 4.79 Å². The van der Waals surface area contributed by atoms with Crippen LogP contribution in [0.1, 0.15) is 32.1 Å². The Kier molecular flexibility index (Phi) is 6.87. The molecule has 0 saturated heterocycles. The molecule has 0 bridgehead atoms. The lowest BCUT2D eigenvalue weighted by atomic mass is 9.81. The summed E-state index contributed by atoms with van der Waals surface area (Å²) in [7, 11) is 4.83. The minimum Gasteiger partial charge on any atom is -0.496 e. The average molecular weight is 381 g/mol. The fourth-order valence-corrected chi connectivity index (χ4v) is 3.85. The van der Waals surface area contributed by atoms with Crippen molar-refractivity contribution in [2.75, 3.05) is 12.4 Å². The van der Waals surface area contributed by atoms with Gasteiger partial charge in [-0.15, -0.1) is 0 Å². The number of carbonyl (C=O) groups is 2. The third-order valence-corrected chi connectivity index (χ3v) is 5.31. The first-order valence-electron chi connectivity index (χ1n) is 9.62. The van der Waals surface area contributed by atoms with E-state index >= 15 is 0 Å². The second kappa shape index (κ2) is 9.55. The second-order valence-corrected chi connectivity index (χ2v) is 7.14. The Morgan fingerprint density at radius 2 is 2.14 bits per heavy atom. The van der Waals surface area contributed by atoms with Gasteiger partial charge in [0.05, 0.1) is 37.6 Å². The summed E-state index contributed by atoms with van der Waals surface area (Å²) in [5, 5.41) is 5.95. The third-order valence-electron chi connectivity index (χ3n) is 5.31. The molecule has 1 atom stereocenters. The van der Waals surface area contributed by atoms with Gasteiger partial charge < -0.3 is 24.6 Å². The summed E-state index contributed by atoms with van der Waals surface area (Å²) in [5.74, 6) is 0.740. The van der Waals surface area contributed by atoms with Crippen molar-refractivity contribution in [2.45, 2.75) is 38.1 Å². The number of ether oxygens (including phenoxy) is 1. The van der Waals surface area contributed by atoms with Gasteiger partial charge in [-0.25, -0.2) is 4.98 Å². The first-order valence-corrected chi connectivity index (χ1v) is 9.62.